The quantitative estimate of drug-likeness (QED) is 0.198. The number of nitrogens with one attached hydrogen (secondary N) is 1. The van der Waals surface area contributed by atoms with E-state index < -0.39 is 21.0 Å². The molecule has 0 amide bonds. The fourth-order valence-corrected chi connectivity index (χ4v) is 8.35. The van der Waals surface area contributed by atoms with E-state index in [0.717, 1.165) is 33.4 Å². The van der Waals surface area contributed by atoms with Gasteiger partial charge in [0.25, 0.3) is 0 Å². The van der Waals surface area contributed by atoms with Crippen LogP contribution in [0.5, 0.6) is 0 Å². The van der Waals surface area contributed by atoms with Crippen molar-refractivity contribution in [2.45, 2.75) is 29.7 Å². The van der Waals surface area contributed by atoms with E-state index in [1.807, 2.05) is 104 Å². The van der Waals surface area contributed by atoms with Crippen molar-refractivity contribution in [2.75, 3.05) is 0 Å². The second-order valence-electron chi connectivity index (χ2n) is 10.9. The minimum atomic E-state index is -4.03. The third-order valence-electron chi connectivity index (χ3n) is 8.48. The average Bonchev–Trinajstić information content (AvgIpc) is 3.67. The normalized spacial score (nSPS) is 17.5. The van der Waals surface area contributed by atoms with Crippen LogP contribution in [0.15, 0.2) is 161 Å². The Morgan fingerprint density at radius 1 is 0.667 bits per heavy atom. The molecule has 0 aromatic heterocycles. The van der Waals surface area contributed by atoms with Gasteiger partial charge in [-0.2, -0.15) is 4.72 Å². The molecule has 0 radical (unpaired) electrons. The Balaban J connectivity index is 1.67. The summed E-state index contributed by atoms with van der Waals surface area (Å²) in [5.74, 6) is 0.0190. The summed E-state index contributed by atoms with van der Waals surface area (Å²) in [5, 5.41) is 0.454. The first-order valence-corrected chi connectivity index (χ1v) is 15.9. The van der Waals surface area contributed by atoms with Gasteiger partial charge in [-0.15, -0.1) is 0 Å². The standard InChI is InChI=1S/C37H32ClNO2S/c1-27-23-25-33(26-24-27)42(40,41)39-37(31-19-11-5-12-20-31,32-21-13-6-14-22-32)35(38)34-28(2)36(34,29-15-7-3-8-16-29)30-17-9-4-10-18-30/h3-26,28,39H,1-2H3/b35-34-. The van der Waals surface area contributed by atoms with Crippen LogP contribution < -0.4 is 4.72 Å². The van der Waals surface area contributed by atoms with E-state index in [-0.39, 0.29) is 10.8 Å². The van der Waals surface area contributed by atoms with E-state index in [0.29, 0.717) is 5.03 Å². The van der Waals surface area contributed by atoms with E-state index in [1.165, 1.54) is 0 Å². The lowest BCUT2D eigenvalue weighted by molar-refractivity contribution is 0.531. The average molecular weight is 590 g/mol. The molecule has 0 spiro atoms. The molecule has 1 unspecified atom stereocenters. The third kappa shape index (κ3) is 4.60. The summed E-state index contributed by atoms with van der Waals surface area (Å²) in [6, 6.07) is 46.8. The molecule has 6 rings (SSSR count). The molecule has 0 aliphatic heterocycles. The molecule has 5 aromatic carbocycles. The molecule has 210 valence electrons. The number of hydrogen-bond acceptors (Lipinski definition) is 2. The molecular formula is C37H32ClNO2S. The molecule has 1 N–H and O–H groups in total. The van der Waals surface area contributed by atoms with Crippen molar-refractivity contribution < 1.29 is 8.42 Å². The second kappa shape index (κ2) is 11.0. The number of rotatable bonds is 8. The Kier molecular flexibility index (Phi) is 7.40. The zero-order chi connectivity index (χ0) is 29.4. The largest absolute Gasteiger partial charge is 0.241 e. The summed E-state index contributed by atoms with van der Waals surface area (Å²) in [6.45, 7) is 4.11. The maximum atomic E-state index is 14.2. The van der Waals surface area contributed by atoms with Gasteiger partial charge in [-0.05, 0) is 52.8 Å². The molecule has 1 fully saturated rings. The van der Waals surface area contributed by atoms with Crippen LogP contribution >= 0.6 is 11.6 Å². The number of aryl methyl sites for hydroxylation is 1. The maximum absolute atomic E-state index is 14.2. The van der Waals surface area contributed by atoms with Gasteiger partial charge in [0.05, 0.1) is 4.90 Å². The fraction of sp³-hybridized carbons (Fsp3) is 0.135. The summed E-state index contributed by atoms with van der Waals surface area (Å²) < 4.78 is 31.6. The Labute approximate surface area is 253 Å². The number of sulfonamides is 1. The van der Waals surface area contributed by atoms with E-state index in [9.17, 15) is 8.42 Å². The van der Waals surface area contributed by atoms with Gasteiger partial charge >= 0.3 is 0 Å². The highest BCUT2D eigenvalue weighted by Gasteiger charge is 2.63. The lowest BCUT2D eigenvalue weighted by Crippen LogP contribution is -2.47. The zero-order valence-corrected chi connectivity index (χ0v) is 25.1. The molecule has 0 heterocycles. The first-order chi connectivity index (χ1) is 20.3. The van der Waals surface area contributed by atoms with Crippen LogP contribution in [0.1, 0.15) is 34.7 Å². The Morgan fingerprint density at radius 3 is 1.50 bits per heavy atom. The number of hydrogen-bond donors (Lipinski definition) is 1. The molecular weight excluding hydrogens is 558 g/mol. The van der Waals surface area contributed by atoms with Crippen molar-refractivity contribution in [1.29, 1.82) is 0 Å². The smallest absolute Gasteiger partial charge is 0.207 e. The molecule has 1 aliphatic rings. The van der Waals surface area contributed by atoms with Crippen molar-refractivity contribution >= 4 is 21.6 Å². The third-order valence-corrected chi connectivity index (χ3v) is 10.4. The lowest BCUT2D eigenvalue weighted by atomic mass is 9.80. The van der Waals surface area contributed by atoms with Gasteiger partial charge in [0.1, 0.15) is 5.54 Å². The van der Waals surface area contributed by atoms with Crippen molar-refractivity contribution in [3.05, 3.63) is 184 Å². The highest BCUT2D eigenvalue weighted by Crippen LogP contribution is 2.67. The highest BCUT2D eigenvalue weighted by molar-refractivity contribution is 7.89. The fourth-order valence-electron chi connectivity index (χ4n) is 6.36. The van der Waals surface area contributed by atoms with Gasteiger partial charge in [0.15, 0.2) is 0 Å². The van der Waals surface area contributed by atoms with Gasteiger partial charge in [-0.1, -0.05) is 158 Å². The number of halogens is 1. The van der Waals surface area contributed by atoms with Gasteiger partial charge in [-0.25, -0.2) is 8.42 Å². The van der Waals surface area contributed by atoms with Crippen molar-refractivity contribution in [1.82, 2.24) is 4.72 Å². The molecule has 3 nitrogen and oxygen atoms in total. The van der Waals surface area contributed by atoms with Gasteiger partial charge in [-0.3, -0.25) is 0 Å². The van der Waals surface area contributed by atoms with Crippen LogP contribution in [0.25, 0.3) is 0 Å². The molecule has 0 bridgehead atoms. The van der Waals surface area contributed by atoms with Gasteiger partial charge in [0.2, 0.25) is 10.0 Å². The topological polar surface area (TPSA) is 46.2 Å². The molecule has 42 heavy (non-hydrogen) atoms. The van der Waals surface area contributed by atoms with Crippen LogP contribution in [0.3, 0.4) is 0 Å². The summed E-state index contributed by atoms with van der Waals surface area (Å²) in [5.41, 5.74) is 3.78. The Bertz CT molecular complexity index is 1740. The molecule has 1 aliphatic carbocycles. The van der Waals surface area contributed by atoms with E-state index in [4.69, 9.17) is 11.6 Å². The number of allylic oxidation sites excluding steroid dienone is 1. The number of benzene rings is 5. The molecule has 5 aromatic rings. The Morgan fingerprint density at radius 2 is 1.07 bits per heavy atom. The van der Waals surface area contributed by atoms with Crippen molar-refractivity contribution in [3.8, 4) is 0 Å². The monoisotopic (exact) mass is 589 g/mol. The van der Waals surface area contributed by atoms with Crippen LogP contribution in [0.2, 0.25) is 0 Å². The molecule has 1 saturated carbocycles. The first-order valence-electron chi connectivity index (χ1n) is 14.0. The van der Waals surface area contributed by atoms with E-state index in [1.54, 1.807) is 24.3 Å². The Hall–Kier alpha value is -3.96. The van der Waals surface area contributed by atoms with Crippen LogP contribution in [0, 0.1) is 12.8 Å². The van der Waals surface area contributed by atoms with Gasteiger partial charge < -0.3 is 0 Å². The maximum Gasteiger partial charge on any atom is 0.241 e. The predicted molar refractivity (Wildman–Crippen MR) is 171 cm³/mol. The van der Waals surface area contributed by atoms with Crippen LogP contribution in [-0.4, -0.2) is 8.42 Å². The SMILES string of the molecule is Cc1ccc(S(=O)(=O)NC(/C(Cl)=C2\C(C)C2(c2ccccc2)c2ccccc2)(c2ccccc2)c2ccccc2)cc1. The summed E-state index contributed by atoms with van der Waals surface area (Å²) >= 11 is 7.72. The lowest BCUT2D eigenvalue weighted by Gasteiger charge is -2.36. The summed E-state index contributed by atoms with van der Waals surface area (Å²) in [4.78, 5) is 0.181. The minimum absolute atomic E-state index is 0.0190. The van der Waals surface area contributed by atoms with Crippen LogP contribution in [-0.2, 0) is 21.0 Å². The molecule has 5 heteroatoms. The predicted octanol–water partition coefficient (Wildman–Crippen LogP) is 8.35. The second-order valence-corrected chi connectivity index (χ2v) is 13.0. The van der Waals surface area contributed by atoms with Crippen molar-refractivity contribution in [3.63, 3.8) is 0 Å². The van der Waals surface area contributed by atoms with Gasteiger partial charge in [0, 0.05) is 10.4 Å². The molecule has 1 atom stereocenters. The summed E-state index contributed by atoms with van der Waals surface area (Å²) in [7, 11) is -4.03. The van der Waals surface area contributed by atoms with E-state index >= 15 is 0 Å². The first kappa shape index (κ1) is 28.2. The summed E-state index contributed by atoms with van der Waals surface area (Å²) in [6.07, 6.45) is 0. The zero-order valence-electron chi connectivity index (χ0n) is 23.5. The highest BCUT2D eigenvalue weighted by atomic mass is 35.5. The minimum Gasteiger partial charge on any atom is -0.207 e. The van der Waals surface area contributed by atoms with E-state index in [2.05, 4.69) is 35.9 Å². The van der Waals surface area contributed by atoms with Crippen molar-refractivity contribution in [2.24, 2.45) is 5.92 Å². The molecule has 0 saturated heterocycles. The van der Waals surface area contributed by atoms with Crippen LogP contribution in [0.4, 0.5) is 0 Å².